The summed E-state index contributed by atoms with van der Waals surface area (Å²) in [5, 5.41) is 22.3. The van der Waals surface area contributed by atoms with Gasteiger partial charge in [0.15, 0.2) is 5.78 Å². The van der Waals surface area contributed by atoms with Crippen LogP contribution in [0.3, 0.4) is 0 Å². The number of aromatic carboxylic acids is 1. The quantitative estimate of drug-likeness (QED) is 0.388. The van der Waals surface area contributed by atoms with Gasteiger partial charge in [0.25, 0.3) is 5.91 Å². The molecule has 0 aliphatic rings. The number of amides is 1. The van der Waals surface area contributed by atoms with E-state index in [0.29, 0.717) is 10.9 Å². The molecule has 8 nitrogen and oxygen atoms in total. The third kappa shape index (κ3) is 4.91. The van der Waals surface area contributed by atoms with Gasteiger partial charge in [-0.1, -0.05) is 24.3 Å². The molecule has 1 atom stereocenters. The second kappa shape index (κ2) is 9.50. The molecule has 0 aliphatic heterocycles. The van der Waals surface area contributed by atoms with Crippen LogP contribution < -0.4 is 5.32 Å². The van der Waals surface area contributed by atoms with Crippen LogP contribution in [0.2, 0.25) is 0 Å². The number of aromatic hydroxyl groups is 1. The topological polar surface area (TPSA) is 129 Å². The minimum Gasteiger partial charge on any atom is -0.508 e. The van der Waals surface area contributed by atoms with E-state index in [4.69, 9.17) is 0 Å². The molecule has 2 heterocycles. The van der Waals surface area contributed by atoms with Gasteiger partial charge in [-0.3, -0.25) is 14.6 Å². The number of carboxylic acid groups (broad SMARTS) is 1. The molecule has 0 saturated carbocycles. The predicted octanol–water partition coefficient (Wildman–Crippen LogP) is 3.63. The Morgan fingerprint density at radius 3 is 2.41 bits per heavy atom. The molecule has 1 unspecified atom stereocenters. The maximum Gasteiger partial charge on any atom is 0.336 e. The van der Waals surface area contributed by atoms with E-state index in [1.165, 1.54) is 25.1 Å². The number of Topliss-reactive ketones (excluding diaryl/α,β-unsaturated/α-hetero) is 1. The Labute approximate surface area is 194 Å². The fourth-order valence-electron chi connectivity index (χ4n) is 3.63. The number of phenolic OH excluding ortho intramolecular Hbond substituents is 1. The summed E-state index contributed by atoms with van der Waals surface area (Å²) < 4.78 is 0. The van der Waals surface area contributed by atoms with Crippen LogP contribution in [-0.4, -0.2) is 43.9 Å². The zero-order valence-corrected chi connectivity index (χ0v) is 18.2. The zero-order valence-electron chi connectivity index (χ0n) is 18.2. The Morgan fingerprint density at radius 1 is 1.00 bits per heavy atom. The molecule has 2 aromatic heterocycles. The second-order valence-corrected chi connectivity index (χ2v) is 7.84. The Morgan fingerprint density at radius 2 is 1.76 bits per heavy atom. The molecule has 0 radical (unpaired) electrons. The number of nitrogens with one attached hydrogen (secondary N) is 1. The number of phenols is 1. The molecule has 0 spiro atoms. The average Bonchev–Trinajstić information content (AvgIpc) is 2.84. The Kier molecular flexibility index (Phi) is 6.31. The van der Waals surface area contributed by atoms with E-state index in [0.717, 1.165) is 16.7 Å². The monoisotopic (exact) mass is 455 g/mol. The van der Waals surface area contributed by atoms with E-state index in [2.05, 4.69) is 15.3 Å². The molecular weight excluding hydrogens is 434 g/mol. The first-order valence-corrected chi connectivity index (χ1v) is 10.5. The summed E-state index contributed by atoms with van der Waals surface area (Å²) in [7, 11) is 0. The lowest BCUT2D eigenvalue weighted by molar-refractivity contribution is -0.118. The Hall–Kier alpha value is -4.59. The predicted molar refractivity (Wildman–Crippen MR) is 126 cm³/mol. The number of carboxylic acids is 1. The van der Waals surface area contributed by atoms with Gasteiger partial charge in [0, 0.05) is 23.3 Å². The van der Waals surface area contributed by atoms with E-state index in [-0.39, 0.29) is 29.2 Å². The van der Waals surface area contributed by atoms with Gasteiger partial charge >= 0.3 is 5.97 Å². The first-order chi connectivity index (χ1) is 16.3. The molecule has 0 fully saturated rings. The smallest absolute Gasteiger partial charge is 0.336 e. The molecule has 34 heavy (non-hydrogen) atoms. The lowest BCUT2D eigenvalue weighted by Gasteiger charge is -2.16. The summed E-state index contributed by atoms with van der Waals surface area (Å²) >= 11 is 0. The molecule has 1 amide bonds. The highest BCUT2D eigenvalue weighted by Gasteiger charge is 2.22. The van der Waals surface area contributed by atoms with Crippen molar-refractivity contribution in [2.75, 3.05) is 0 Å². The Balaban J connectivity index is 1.66. The van der Waals surface area contributed by atoms with Crippen molar-refractivity contribution in [1.29, 1.82) is 0 Å². The number of pyridine rings is 2. The normalized spacial score (nSPS) is 11.7. The van der Waals surface area contributed by atoms with Crippen molar-refractivity contribution in [2.24, 2.45) is 0 Å². The highest BCUT2D eigenvalue weighted by Crippen LogP contribution is 2.26. The van der Waals surface area contributed by atoms with Gasteiger partial charge in [0.2, 0.25) is 0 Å². The molecule has 2 aromatic carbocycles. The number of carbonyl (C=O) groups is 3. The summed E-state index contributed by atoms with van der Waals surface area (Å²) in [6.07, 6.45) is 3.54. The van der Waals surface area contributed by atoms with Crippen LogP contribution in [-0.2, 0) is 11.2 Å². The minimum atomic E-state index is -1.20. The first kappa shape index (κ1) is 22.6. The zero-order chi connectivity index (χ0) is 24.2. The number of aromatic nitrogens is 2. The molecule has 0 saturated heterocycles. The average molecular weight is 455 g/mol. The van der Waals surface area contributed by atoms with Gasteiger partial charge in [-0.05, 0) is 60.9 Å². The molecule has 0 bridgehead atoms. The number of benzene rings is 2. The van der Waals surface area contributed by atoms with E-state index in [9.17, 15) is 24.6 Å². The molecular formula is C26H21N3O5. The molecule has 3 N–H and O–H groups in total. The van der Waals surface area contributed by atoms with Crippen LogP contribution in [0.25, 0.3) is 22.0 Å². The van der Waals surface area contributed by atoms with Gasteiger partial charge in [0.05, 0.1) is 17.1 Å². The third-order valence-corrected chi connectivity index (χ3v) is 5.44. The fraction of sp³-hybridized carbons (Fsp3) is 0.115. The van der Waals surface area contributed by atoms with E-state index in [1.54, 1.807) is 48.8 Å². The largest absolute Gasteiger partial charge is 0.508 e. The van der Waals surface area contributed by atoms with Crippen molar-refractivity contribution in [2.45, 2.75) is 19.4 Å². The second-order valence-electron chi connectivity index (χ2n) is 7.84. The van der Waals surface area contributed by atoms with Crippen molar-refractivity contribution < 1.29 is 24.6 Å². The van der Waals surface area contributed by atoms with Gasteiger partial charge in [-0.25, -0.2) is 9.78 Å². The number of nitrogens with zero attached hydrogens (tertiary/aromatic N) is 2. The van der Waals surface area contributed by atoms with Crippen molar-refractivity contribution >= 4 is 28.6 Å². The maximum atomic E-state index is 12.9. The number of rotatable bonds is 7. The fourth-order valence-corrected chi connectivity index (χ4v) is 3.63. The molecule has 8 heteroatoms. The highest BCUT2D eigenvalue weighted by molar-refractivity contribution is 6.07. The van der Waals surface area contributed by atoms with Crippen LogP contribution in [0.15, 0.2) is 73.1 Å². The van der Waals surface area contributed by atoms with Crippen LogP contribution in [0.4, 0.5) is 0 Å². The molecule has 4 aromatic rings. The van der Waals surface area contributed by atoms with Crippen LogP contribution in [0.5, 0.6) is 5.75 Å². The minimum absolute atomic E-state index is 0.0706. The van der Waals surface area contributed by atoms with E-state index >= 15 is 0 Å². The summed E-state index contributed by atoms with van der Waals surface area (Å²) in [5.41, 5.74) is 2.51. The summed E-state index contributed by atoms with van der Waals surface area (Å²) in [4.78, 5) is 45.5. The molecule has 4 rings (SSSR count). The van der Waals surface area contributed by atoms with Gasteiger partial charge in [-0.2, -0.15) is 0 Å². The lowest BCUT2D eigenvalue weighted by atomic mass is 10.0. The summed E-state index contributed by atoms with van der Waals surface area (Å²) in [5.74, 6) is -2.01. The van der Waals surface area contributed by atoms with Crippen LogP contribution >= 0.6 is 0 Å². The summed E-state index contributed by atoms with van der Waals surface area (Å²) in [6.45, 7) is 1.36. The number of fused-ring (bicyclic) bond motifs is 1. The van der Waals surface area contributed by atoms with E-state index in [1.807, 2.05) is 6.07 Å². The SMILES string of the molecule is CC(=O)C(Cc1ccc(O)cc1)NC(=O)c1cc(C(=O)O)c2cc(-c3cccnc3)ccc2n1. The summed E-state index contributed by atoms with van der Waals surface area (Å²) in [6, 6.07) is 15.5. The molecule has 170 valence electrons. The Bertz CT molecular complexity index is 1390. The van der Waals surface area contributed by atoms with Crippen molar-refractivity contribution in [3.05, 3.63) is 89.9 Å². The van der Waals surface area contributed by atoms with Gasteiger partial charge < -0.3 is 15.5 Å². The van der Waals surface area contributed by atoms with E-state index < -0.39 is 17.9 Å². The maximum absolute atomic E-state index is 12.9. The van der Waals surface area contributed by atoms with Gasteiger partial charge in [0.1, 0.15) is 11.4 Å². The third-order valence-electron chi connectivity index (χ3n) is 5.44. The number of hydrogen-bond acceptors (Lipinski definition) is 6. The van der Waals surface area contributed by atoms with Crippen molar-refractivity contribution in [1.82, 2.24) is 15.3 Å². The first-order valence-electron chi connectivity index (χ1n) is 10.5. The lowest BCUT2D eigenvalue weighted by Crippen LogP contribution is -2.41. The van der Waals surface area contributed by atoms with Gasteiger partial charge in [-0.15, -0.1) is 0 Å². The number of hydrogen-bond donors (Lipinski definition) is 3. The van der Waals surface area contributed by atoms with Crippen LogP contribution in [0, 0.1) is 0 Å². The van der Waals surface area contributed by atoms with Crippen molar-refractivity contribution in [3.63, 3.8) is 0 Å². The number of carbonyl (C=O) groups excluding carboxylic acids is 2. The standard InChI is InChI=1S/C26H21N3O5/c1-15(30)23(11-16-4-7-19(31)8-5-16)29-25(32)24-13-21(26(33)34)20-12-17(6-9-22(20)28-24)18-3-2-10-27-14-18/h2-10,12-14,23,31H,11H2,1H3,(H,29,32)(H,33,34). The highest BCUT2D eigenvalue weighted by atomic mass is 16.4. The van der Waals surface area contributed by atoms with Crippen molar-refractivity contribution in [3.8, 4) is 16.9 Å². The van der Waals surface area contributed by atoms with Crippen LogP contribution in [0.1, 0.15) is 33.3 Å². The molecule has 0 aliphatic carbocycles. The number of ketones is 1.